The topological polar surface area (TPSA) is 250 Å². The number of amides is 5. The minimum Gasteiger partial charge on any atom is -0.480 e. The van der Waals surface area contributed by atoms with Crippen LogP contribution in [0.3, 0.4) is 0 Å². The number of carboxylic acid groups (broad SMARTS) is 1. The number of nitrogens with zero attached hydrogens (tertiary/aromatic N) is 2. The normalized spacial score (nSPS) is 17.5. The van der Waals surface area contributed by atoms with Crippen LogP contribution in [0.2, 0.25) is 0 Å². The average Bonchev–Trinajstić information content (AvgIpc) is 3.19. The van der Waals surface area contributed by atoms with E-state index in [1.165, 1.54) is 4.90 Å². The van der Waals surface area contributed by atoms with Crippen LogP contribution in [0.1, 0.15) is 75.5 Å². The third-order valence-corrected chi connectivity index (χ3v) is 10.6. The molecule has 2 aromatic carbocycles. The number of rotatable bonds is 19. The molecule has 0 bridgehead atoms. The van der Waals surface area contributed by atoms with Gasteiger partial charge in [-0.25, -0.2) is 4.79 Å². The second-order valence-corrected chi connectivity index (χ2v) is 15.3. The third-order valence-electron chi connectivity index (χ3n) is 10.6. The van der Waals surface area contributed by atoms with Gasteiger partial charge in [0.15, 0.2) is 5.96 Å². The van der Waals surface area contributed by atoms with Gasteiger partial charge < -0.3 is 48.1 Å². The summed E-state index contributed by atoms with van der Waals surface area (Å²) in [4.78, 5) is 87.4. The first-order valence-corrected chi connectivity index (χ1v) is 19.8. The second kappa shape index (κ2) is 21.7. The minimum absolute atomic E-state index is 0.0106. The molecule has 1 aliphatic heterocycles. The van der Waals surface area contributed by atoms with Crippen LogP contribution in [0.25, 0.3) is 0 Å². The zero-order valence-electron chi connectivity index (χ0n) is 33.2. The quantitative estimate of drug-likeness (QED) is 0.0563. The number of guanidine groups is 1. The molecule has 16 heteroatoms. The SMILES string of the molecule is CNCC(=O)N[C@H](C(=O)NC(C(=O)N[C@@H](CCCN=C(N)N)C(=O)N1Cc2ccccc2C[C@H]1C(=O)N[C@@H](Cc1ccccc1)C(=O)O)C1CCCCC1)C(C)C. The molecule has 57 heavy (non-hydrogen) atoms. The van der Waals surface area contributed by atoms with Gasteiger partial charge in [-0.3, -0.25) is 29.0 Å². The summed E-state index contributed by atoms with van der Waals surface area (Å²) in [5.74, 6) is -4.49. The Morgan fingerprint density at radius 3 is 2.14 bits per heavy atom. The van der Waals surface area contributed by atoms with Crippen LogP contribution < -0.4 is 38.1 Å². The molecule has 1 saturated carbocycles. The number of aliphatic imine (C=N–C) groups is 1. The highest BCUT2D eigenvalue weighted by Gasteiger charge is 2.41. The van der Waals surface area contributed by atoms with Crippen LogP contribution in [0.4, 0.5) is 0 Å². The monoisotopic (exact) mass is 789 g/mol. The predicted octanol–water partition coefficient (Wildman–Crippen LogP) is 0.716. The molecule has 1 aliphatic carbocycles. The first-order valence-electron chi connectivity index (χ1n) is 19.8. The van der Waals surface area contributed by atoms with Crippen molar-refractivity contribution < 1.29 is 33.9 Å². The van der Waals surface area contributed by atoms with E-state index in [1.54, 1.807) is 45.2 Å². The van der Waals surface area contributed by atoms with Crippen molar-refractivity contribution in [3.05, 3.63) is 71.3 Å². The van der Waals surface area contributed by atoms with Crippen LogP contribution in [0, 0.1) is 11.8 Å². The smallest absolute Gasteiger partial charge is 0.326 e. The standard InChI is InChI=1S/C41H59N9O7/c1-25(2)34(48-33(51)23-44-3)37(53)49-35(27-15-8-5-9-16-27)38(54)46-30(19-12-20-45-41(42)43)39(55)50-24-29-18-11-10-17-28(29)22-32(50)36(52)47-31(40(56)57)21-26-13-6-4-7-14-26/h4,6-7,10-11,13-14,17-18,25,27,30-32,34-35,44H,5,8-9,12,15-16,19-24H2,1-3H3,(H,46,54)(H,47,52)(H,48,51)(H,49,53)(H,56,57)(H4,42,43,45)/t30-,31-,32-,34-,35?/m0/s1. The van der Waals surface area contributed by atoms with E-state index in [0.29, 0.717) is 19.3 Å². The maximum atomic E-state index is 14.8. The Balaban J connectivity index is 1.64. The molecule has 310 valence electrons. The van der Waals surface area contributed by atoms with E-state index in [-0.39, 0.29) is 62.6 Å². The number of benzene rings is 2. The molecule has 0 saturated heterocycles. The van der Waals surface area contributed by atoms with Crippen molar-refractivity contribution in [1.29, 1.82) is 0 Å². The lowest BCUT2D eigenvalue weighted by Crippen LogP contribution is -2.62. The molecule has 2 aromatic rings. The van der Waals surface area contributed by atoms with E-state index in [4.69, 9.17) is 11.5 Å². The number of hydrogen-bond donors (Lipinski definition) is 8. The van der Waals surface area contributed by atoms with Crippen LogP contribution in [0.5, 0.6) is 0 Å². The first-order chi connectivity index (χ1) is 27.3. The zero-order valence-corrected chi connectivity index (χ0v) is 33.2. The van der Waals surface area contributed by atoms with E-state index in [2.05, 4.69) is 31.6 Å². The number of fused-ring (bicyclic) bond motifs is 1. The number of nitrogens with two attached hydrogens (primary N) is 2. The maximum absolute atomic E-state index is 14.8. The molecule has 1 unspecified atom stereocenters. The van der Waals surface area contributed by atoms with Gasteiger partial charge in [-0.1, -0.05) is 87.7 Å². The highest BCUT2D eigenvalue weighted by Crippen LogP contribution is 2.28. The summed E-state index contributed by atoms with van der Waals surface area (Å²) in [6, 6.07) is 10.9. The van der Waals surface area contributed by atoms with Gasteiger partial charge in [0.05, 0.1) is 6.54 Å². The molecule has 4 rings (SSSR count). The molecule has 0 spiro atoms. The number of likely N-dealkylation sites (N-methyl/N-ethyl adjacent to an activating group) is 1. The van der Waals surface area contributed by atoms with Gasteiger partial charge in [0.1, 0.15) is 30.2 Å². The van der Waals surface area contributed by atoms with Crippen molar-refractivity contribution in [2.75, 3.05) is 20.1 Å². The fourth-order valence-electron chi connectivity index (χ4n) is 7.56. The summed E-state index contributed by atoms with van der Waals surface area (Å²) in [6.07, 6.45) is 4.63. The molecule has 5 atom stereocenters. The third kappa shape index (κ3) is 13.0. The lowest BCUT2D eigenvalue weighted by atomic mass is 9.83. The Hall–Kier alpha value is -5.51. The van der Waals surface area contributed by atoms with Gasteiger partial charge >= 0.3 is 5.97 Å². The molecule has 0 radical (unpaired) electrons. The van der Waals surface area contributed by atoms with Crippen LogP contribution in [0.15, 0.2) is 59.6 Å². The van der Waals surface area contributed by atoms with Crippen LogP contribution in [-0.2, 0) is 48.2 Å². The molecule has 1 fully saturated rings. The summed E-state index contributed by atoms with van der Waals surface area (Å²) in [6.45, 7) is 3.81. The summed E-state index contributed by atoms with van der Waals surface area (Å²) >= 11 is 0. The highest BCUT2D eigenvalue weighted by atomic mass is 16.4. The van der Waals surface area contributed by atoms with E-state index in [9.17, 15) is 33.9 Å². The number of hydrogen-bond acceptors (Lipinski definition) is 8. The molecule has 2 aliphatic rings. The number of carboxylic acids is 1. The van der Waals surface area contributed by atoms with E-state index < -0.39 is 59.8 Å². The largest absolute Gasteiger partial charge is 0.480 e. The molecule has 10 N–H and O–H groups in total. The number of aliphatic carboxylic acids is 1. The number of carbonyl (C=O) groups is 6. The fourth-order valence-corrected chi connectivity index (χ4v) is 7.56. The molecule has 0 aromatic heterocycles. The van der Waals surface area contributed by atoms with E-state index in [0.717, 1.165) is 36.0 Å². The van der Waals surface area contributed by atoms with E-state index in [1.807, 2.05) is 30.3 Å². The van der Waals surface area contributed by atoms with Crippen molar-refractivity contribution in [2.45, 2.75) is 108 Å². The van der Waals surface area contributed by atoms with E-state index >= 15 is 0 Å². The van der Waals surface area contributed by atoms with Crippen molar-refractivity contribution in [1.82, 2.24) is 31.5 Å². The lowest BCUT2D eigenvalue weighted by Gasteiger charge is -2.39. The van der Waals surface area contributed by atoms with Crippen LogP contribution >= 0.6 is 0 Å². The Labute approximate surface area is 334 Å². The maximum Gasteiger partial charge on any atom is 0.326 e. The molecule has 5 amide bonds. The van der Waals surface area contributed by atoms with Gasteiger partial charge in [-0.05, 0) is 61.3 Å². The van der Waals surface area contributed by atoms with Crippen molar-refractivity contribution in [3.8, 4) is 0 Å². The Kier molecular flexibility index (Phi) is 16.8. The summed E-state index contributed by atoms with van der Waals surface area (Å²) in [5, 5.41) is 24.1. The zero-order chi connectivity index (χ0) is 41.5. The molecular weight excluding hydrogens is 731 g/mol. The lowest BCUT2D eigenvalue weighted by molar-refractivity contribution is -0.147. The van der Waals surface area contributed by atoms with Gasteiger partial charge in [0.2, 0.25) is 29.5 Å². The minimum atomic E-state index is -1.26. The Morgan fingerprint density at radius 1 is 0.842 bits per heavy atom. The van der Waals surface area contributed by atoms with Gasteiger partial charge in [-0.15, -0.1) is 0 Å². The van der Waals surface area contributed by atoms with Crippen LogP contribution in [-0.4, -0.2) is 102 Å². The fraction of sp³-hybridized carbons (Fsp3) is 0.537. The van der Waals surface area contributed by atoms with Crippen molar-refractivity contribution >= 4 is 41.5 Å². The summed E-state index contributed by atoms with van der Waals surface area (Å²) < 4.78 is 0. The van der Waals surface area contributed by atoms with Crippen molar-refractivity contribution in [3.63, 3.8) is 0 Å². The molecule has 1 heterocycles. The number of carbonyl (C=O) groups excluding carboxylic acids is 5. The second-order valence-electron chi connectivity index (χ2n) is 15.3. The summed E-state index contributed by atoms with van der Waals surface area (Å²) in [5.41, 5.74) is 13.5. The predicted molar refractivity (Wildman–Crippen MR) is 215 cm³/mol. The number of nitrogens with one attached hydrogen (secondary N) is 5. The average molecular weight is 790 g/mol. The van der Waals surface area contributed by atoms with Gasteiger partial charge in [0, 0.05) is 25.9 Å². The Morgan fingerprint density at radius 2 is 1.51 bits per heavy atom. The summed E-state index contributed by atoms with van der Waals surface area (Å²) in [7, 11) is 1.62. The molecular formula is C41H59N9O7. The Bertz CT molecular complexity index is 1730. The van der Waals surface area contributed by atoms with Gasteiger partial charge in [0.25, 0.3) is 0 Å². The highest BCUT2D eigenvalue weighted by molar-refractivity contribution is 5.96. The first kappa shape index (κ1) is 44.2. The van der Waals surface area contributed by atoms with Gasteiger partial charge in [-0.2, -0.15) is 0 Å². The molecule has 16 nitrogen and oxygen atoms in total. The van der Waals surface area contributed by atoms with Crippen molar-refractivity contribution in [2.24, 2.45) is 28.3 Å².